The van der Waals surface area contributed by atoms with Gasteiger partial charge in [-0.1, -0.05) is 6.07 Å². The Hall–Kier alpha value is -2.16. The van der Waals surface area contributed by atoms with E-state index >= 15 is 0 Å². The molecule has 2 heterocycles. The fourth-order valence-corrected chi connectivity index (χ4v) is 1.87. The molecule has 1 aliphatic heterocycles. The molecule has 0 saturated carbocycles. The van der Waals surface area contributed by atoms with Gasteiger partial charge >= 0.3 is 6.18 Å². The monoisotopic (exact) mass is 317 g/mol. The lowest BCUT2D eigenvalue weighted by Gasteiger charge is -2.14. The van der Waals surface area contributed by atoms with Crippen molar-refractivity contribution in [2.45, 2.75) is 19.0 Å². The zero-order valence-electron chi connectivity index (χ0n) is 11.5. The maximum atomic E-state index is 12.5. The number of hydrogen-bond acceptors (Lipinski definition) is 4. The van der Waals surface area contributed by atoms with Gasteiger partial charge in [-0.3, -0.25) is 14.4 Å². The average Bonchev–Trinajstić information content (AvgIpc) is 2.98. The number of hydrogen-bond donors (Lipinski definition) is 1. The molecule has 1 fully saturated rings. The van der Waals surface area contributed by atoms with E-state index in [4.69, 9.17) is 4.84 Å². The highest BCUT2D eigenvalue weighted by Crippen LogP contribution is 2.27. The maximum absolute atomic E-state index is 12.5. The molecule has 1 saturated heterocycles. The minimum absolute atomic E-state index is 0.0165. The third kappa shape index (κ3) is 4.42. The smallest absolute Gasteiger partial charge is 0.347 e. The van der Waals surface area contributed by atoms with E-state index < -0.39 is 23.7 Å². The van der Waals surface area contributed by atoms with Crippen molar-refractivity contribution >= 4 is 11.8 Å². The Kier molecular flexibility index (Phi) is 4.96. The van der Waals surface area contributed by atoms with Crippen LogP contribution in [0, 0.1) is 0 Å². The summed E-state index contributed by atoms with van der Waals surface area (Å²) in [4.78, 5) is 31.7. The van der Waals surface area contributed by atoms with Crippen LogP contribution in [0.2, 0.25) is 0 Å². The molecule has 1 aliphatic rings. The topological polar surface area (TPSA) is 71.5 Å². The van der Waals surface area contributed by atoms with Crippen molar-refractivity contribution in [2.24, 2.45) is 0 Å². The molecule has 22 heavy (non-hydrogen) atoms. The van der Waals surface area contributed by atoms with Gasteiger partial charge < -0.3 is 5.32 Å². The zero-order chi connectivity index (χ0) is 16.2. The molecule has 1 aromatic rings. The van der Waals surface area contributed by atoms with Gasteiger partial charge in [0.1, 0.15) is 5.69 Å². The zero-order valence-corrected chi connectivity index (χ0v) is 11.5. The second-order valence-corrected chi connectivity index (χ2v) is 4.65. The summed E-state index contributed by atoms with van der Waals surface area (Å²) in [6, 6.07) is 3.33. The molecule has 120 valence electrons. The van der Waals surface area contributed by atoms with Crippen LogP contribution in [-0.4, -0.2) is 41.6 Å². The molecular weight excluding hydrogens is 303 g/mol. The Morgan fingerprint density at radius 3 is 2.77 bits per heavy atom. The number of nitrogens with zero attached hydrogens (tertiary/aromatic N) is 2. The average molecular weight is 317 g/mol. The Bertz CT molecular complexity index is 557. The van der Waals surface area contributed by atoms with Gasteiger partial charge in [0.25, 0.3) is 5.91 Å². The number of halogens is 3. The van der Waals surface area contributed by atoms with Crippen LogP contribution in [0.1, 0.15) is 17.8 Å². The standard InChI is InChI=1S/C13H14F3N3O3/c14-13(15,16)10-4-1-3-9(18-10)7-11(20)17-8-12(21)19-5-2-6-22-19/h1,3-4H,2,5-8H2,(H,17,20). The summed E-state index contributed by atoms with van der Waals surface area (Å²) in [5.74, 6) is -0.984. The number of nitrogens with one attached hydrogen (secondary N) is 1. The first-order valence-electron chi connectivity index (χ1n) is 6.59. The summed E-state index contributed by atoms with van der Waals surface area (Å²) < 4.78 is 37.5. The Labute approximate surface area is 124 Å². The number of pyridine rings is 1. The van der Waals surface area contributed by atoms with E-state index in [0.29, 0.717) is 13.2 Å². The summed E-state index contributed by atoms with van der Waals surface area (Å²) in [7, 11) is 0. The Morgan fingerprint density at radius 2 is 2.14 bits per heavy atom. The van der Waals surface area contributed by atoms with Crippen LogP contribution in [0.3, 0.4) is 0 Å². The molecule has 0 aromatic carbocycles. The maximum Gasteiger partial charge on any atom is 0.433 e. The molecule has 0 bridgehead atoms. The van der Waals surface area contributed by atoms with Crippen molar-refractivity contribution in [3.8, 4) is 0 Å². The minimum atomic E-state index is -4.56. The number of alkyl halides is 3. The van der Waals surface area contributed by atoms with Crippen LogP contribution >= 0.6 is 0 Å². The summed E-state index contributed by atoms with van der Waals surface area (Å²) >= 11 is 0. The molecule has 0 spiro atoms. The molecule has 2 rings (SSSR count). The first-order valence-corrected chi connectivity index (χ1v) is 6.59. The van der Waals surface area contributed by atoms with Crippen molar-refractivity contribution in [3.63, 3.8) is 0 Å². The minimum Gasteiger partial charge on any atom is -0.347 e. The van der Waals surface area contributed by atoms with Gasteiger partial charge in [-0.05, 0) is 18.6 Å². The van der Waals surface area contributed by atoms with Crippen molar-refractivity contribution in [1.29, 1.82) is 0 Å². The van der Waals surface area contributed by atoms with E-state index in [1.165, 1.54) is 12.1 Å². The summed E-state index contributed by atoms with van der Waals surface area (Å²) in [6.07, 6.45) is -4.17. The first-order chi connectivity index (χ1) is 10.4. The molecule has 6 nitrogen and oxygen atoms in total. The molecule has 1 N–H and O–H groups in total. The highest BCUT2D eigenvalue weighted by Gasteiger charge is 2.32. The fourth-order valence-electron chi connectivity index (χ4n) is 1.87. The van der Waals surface area contributed by atoms with Crippen molar-refractivity contribution < 1.29 is 27.6 Å². The van der Waals surface area contributed by atoms with Crippen molar-refractivity contribution in [3.05, 3.63) is 29.6 Å². The molecule has 0 aliphatic carbocycles. The Balaban J connectivity index is 1.85. The molecule has 0 unspecified atom stereocenters. The molecule has 9 heteroatoms. The number of aromatic nitrogens is 1. The largest absolute Gasteiger partial charge is 0.433 e. The van der Waals surface area contributed by atoms with Gasteiger partial charge in [-0.2, -0.15) is 13.2 Å². The van der Waals surface area contributed by atoms with Crippen molar-refractivity contribution in [1.82, 2.24) is 15.4 Å². The second-order valence-electron chi connectivity index (χ2n) is 4.65. The van der Waals surface area contributed by atoms with Crippen LogP contribution in [-0.2, 0) is 27.0 Å². The predicted octanol–water partition coefficient (Wildman–Crippen LogP) is 0.923. The lowest BCUT2D eigenvalue weighted by atomic mass is 10.2. The van der Waals surface area contributed by atoms with Gasteiger partial charge in [0.2, 0.25) is 5.91 Å². The SMILES string of the molecule is O=C(Cc1cccc(C(F)(F)F)n1)NCC(=O)N1CCCO1. The number of carbonyl (C=O) groups excluding carboxylic acids is 2. The van der Waals surface area contributed by atoms with Crippen LogP contribution in [0.4, 0.5) is 13.2 Å². The summed E-state index contributed by atoms with van der Waals surface area (Å²) in [5.41, 5.74) is -1.07. The number of hydroxylamine groups is 2. The third-order valence-electron chi connectivity index (χ3n) is 2.91. The molecule has 0 atom stereocenters. The Morgan fingerprint density at radius 1 is 1.36 bits per heavy atom. The molecule has 0 radical (unpaired) electrons. The quantitative estimate of drug-likeness (QED) is 0.896. The van der Waals surface area contributed by atoms with E-state index in [9.17, 15) is 22.8 Å². The predicted molar refractivity (Wildman–Crippen MR) is 68.2 cm³/mol. The van der Waals surface area contributed by atoms with E-state index in [2.05, 4.69) is 10.3 Å². The first kappa shape index (κ1) is 16.2. The molecule has 1 aromatic heterocycles. The van der Waals surface area contributed by atoms with Crippen LogP contribution in [0.15, 0.2) is 18.2 Å². The molecule has 2 amide bonds. The third-order valence-corrected chi connectivity index (χ3v) is 2.91. The number of carbonyl (C=O) groups is 2. The van der Waals surface area contributed by atoms with E-state index in [0.717, 1.165) is 17.6 Å². The van der Waals surface area contributed by atoms with Crippen LogP contribution < -0.4 is 5.32 Å². The lowest BCUT2D eigenvalue weighted by molar-refractivity contribution is -0.168. The number of amides is 2. The van der Waals surface area contributed by atoms with E-state index in [1.54, 1.807) is 0 Å². The van der Waals surface area contributed by atoms with Gasteiger partial charge in [-0.15, -0.1) is 0 Å². The van der Waals surface area contributed by atoms with E-state index in [1.807, 2.05) is 0 Å². The van der Waals surface area contributed by atoms with Gasteiger partial charge in [0.15, 0.2) is 0 Å². The fraction of sp³-hybridized carbons (Fsp3) is 0.462. The van der Waals surface area contributed by atoms with Gasteiger partial charge in [0.05, 0.1) is 31.8 Å². The summed E-state index contributed by atoms with van der Waals surface area (Å²) in [5, 5.41) is 3.49. The lowest BCUT2D eigenvalue weighted by Crippen LogP contribution is -2.38. The second kappa shape index (κ2) is 6.73. The highest BCUT2D eigenvalue weighted by atomic mass is 19.4. The highest BCUT2D eigenvalue weighted by molar-refractivity contribution is 5.85. The number of rotatable bonds is 4. The van der Waals surface area contributed by atoms with Crippen LogP contribution in [0.25, 0.3) is 0 Å². The molecular formula is C13H14F3N3O3. The van der Waals surface area contributed by atoms with E-state index in [-0.39, 0.29) is 18.7 Å². The van der Waals surface area contributed by atoms with Gasteiger partial charge in [-0.25, -0.2) is 10.0 Å². The normalized spacial score (nSPS) is 15.0. The van der Waals surface area contributed by atoms with Crippen molar-refractivity contribution in [2.75, 3.05) is 19.7 Å². The van der Waals surface area contributed by atoms with Crippen LogP contribution in [0.5, 0.6) is 0 Å². The van der Waals surface area contributed by atoms with Gasteiger partial charge in [0, 0.05) is 0 Å². The summed E-state index contributed by atoms with van der Waals surface area (Å²) in [6.45, 7) is 0.648.